The Morgan fingerprint density at radius 2 is 1.84 bits per heavy atom. The zero-order chi connectivity index (χ0) is 25.2. The zero-order valence-corrected chi connectivity index (χ0v) is 20.9. The summed E-state index contributed by atoms with van der Waals surface area (Å²) in [6.07, 6.45) is 5.36. The second kappa shape index (κ2) is 10.1. The summed E-state index contributed by atoms with van der Waals surface area (Å²) in [4.78, 5) is 24.2. The quantitative estimate of drug-likeness (QED) is 0.389. The summed E-state index contributed by atoms with van der Waals surface area (Å²) >= 11 is 0. The van der Waals surface area contributed by atoms with Crippen LogP contribution in [0.3, 0.4) is 0 Å². The second-order valence-corrected chi connectivity index (χ2v) is 9.76. The number of carbonyl (C=O) groups is 1. The lowest BCUT2D eigenvalue weighted by Gasteiger charge is -2.32. The van der Waals surface area contributed by atoms with Crippen molar-refractivity contribution < 1.29 is 9.53 Å². The van der Waals surface area contributed by atoms with Crippen LogP contribution in [0.4, 0.5) is 5.95 Å². The molecule has 3 aromatic carbocycles. The first-order valence-electron chi connectivity index (χ1n) is 12.8. The highest BCUT2D eigenvalue weighted by Gasteiger charge is 2.43. The van der Waals surface area contributed by atoms with E-state index in [0.29, 0.717) is 19.0 Å². The minimum absolute atomic E-state index is 0.0588. The lowest BCUT2D eigenvalue weighted by molar-refractivity contribution is -0.122. The number of rotatable bonds is 7. The number of anilines is 1. The fraction of sp³-hybridized carbons (Fsp3) is 0.258. The van der Waals surface area contributed by atoms with Crippen molar-refractivity contribution in [3.05, 3.63) is 107 Å². The highest BCUT2D eigenvalue weighted by atomic mass is 16.5. The van der Waals surface area contributed by atoms with Gasteiger partial charge in [-0.05, 0) is 70.3 Å². The Bertz CT molecular complexity index is 1410. The molecule has 0 unspecified atom stereocenters. The lowest BCUT2D eigenvalue weighted by Crippen LogP contribution is -2.34. The first kappa shape index (κ1) is 23.2. The summed E-state index contributed by atoms with van der Waals surface area (Å²) in [6.45, 7) is 2.06. The molecule has 2 aliphatic rings. The molecular formula is C31H30N4O2. The number of methoxy groups -OCH3 is 1. The van der Waals surface area contributed by atoms with Crippen molar-refractivity contribution in [2.24, 2.45) is 5.92 Å². The fourth-order valence-electron chi connectivity index (χ4n) is 5.46. The number of hydrogen-bond acceptors (Lipinski definition) is 5. The summed E-state index contributed by atoms with van der Waals surface area (Å²) in [5, 5.41) is 3.23. The molecular weight excluding hydrogens is 460 g/mol. The van der Waals surface area contributed by atoms with Crippen LogP contribution in [-0.4, -0.2) is 29.5 Å². The van der Waals surface area contributed by atoms with Gasteiger partial charge in [-0.2, -0.15) is 0 Å². The van der Waals surface area contributed by atoms with Gasteiger partial charge in [0.2, 0.25) is 11.9 Å². The van der Waals surface area contributed by atoms with Crippen LogP contribution in [0, 0.1) is 5.92 Å². The summed E-state index contributed by atoms with van der Waals surface area (Å²) in [5.41, 5.74) is 7.31. The Morgan fingerprint density at radius 3 is 2.65 bits per heavy atom. The van der Waals surface area contributed by atoms with Gasteiger partial charge < -0.3 is 15.0 Å². The molecule has 6 nitrogen and oxygen atoms in total. The summed E-state index contributed by atoms with van der Waals surface area (Å²) < 4.78 is 5.48. The number of ether oxygens (including phenoxy) is 1. The van der Waals surface area contributed by atoms with Gasteiger partial charge in [-0.3, -0.25) is 4.79 Å². The van der Waals surface area contributed by atoms with E-state index in [1.165, 1.54) is 22.3 Å². The van der Waals surface area contributed by atoms with Gasteiger partial charge in [0.1, 0.15) is 5.75 Å². The van der Waals surface area contributed by atoms with Crippen LogP contribution in [0.25, 0.3) is 11.1 Å². The topological polar surface area (TPSA) is 67.3 Å². The first-order valence-corrected chi connectivity index (χ1v) is 12.8. The molecule has 1 saturated carbocycles. The highest BCUT2D eigenvalue weighted by molar-refractivity contribution is 5.83. The number of aromatic nitrogens is 2. The van der Waals surface area contributed by atoms with Gasteiger partial charge in [0.25, 0.3) is 0 Å². The number of carbonyl (C=O) groups excluding carboxylic acids is 1. The van der Waals surface area contributed by atoms with Crippen molar-refractivity contribution >= 4 is 11.9 Å². The Kier molecular flexibility index (Phi) is 6.31. The average molecular weight is 491 g/mol. The third-order valence-electron chi connectivity index (χ3n) is 7.53. The SMILES string of the molecule is COc1cccc(-c2ccc(CNC(=O)[C@H]3C[C@@H]3c3ccccc3)c3c2CCN(c2ncccn2)C3)c1. The van der Waals surface area contributed by atoms with E-state index in [2.05, 4.69) is 56.6 Å². The molecule has 2 heterocycles. The first-order chi connectivity index (χ1) is 18.2. The number of benzene rings is 3. The van der Waals surface area contributed by atoms with Crippen molar-refractivity contribution in [3.8, 4) is 16.9 Å². The van der Waals surface area contributed by atoms with Crippen molar-refractivity contribution in [1.29, 1.82) is 0 Å². The maximum Gasteiger partial charge on any atom is 0.225 e. The summed E-state index contributed by atoms with van der Waals surface area (Å²) in [5.74, 6) is 2.10. The van der Waals surface area contributed by atoms with Crippen LogP contribution in [0.5, 0.6) is 5.75 Å². The van der Waals surface area contributed by atoms with E-state index in [1.54, 1.807) is 19.5 Å². The van der Waals surface area contributed by atoms with Crippen LogP contribution in [-0.2, 0) is 24.3 Å². The molecule has 4 aromatic rings. The smallest absolute Gasteiger partial charge is 0.225 e. The Morgan fingerprint density at radius 1 is 1.00 bits per heavy atom. The van der Waals surface area contributed by atoms with Gasteiger partial charge in [-0.15, -0.1) is 0 Å². The van der Waals surface area contributed by atoms with Crippen molar-refractivity contribution in [2.45, 2.75) is 31.8 Å². The molecule has 1 aromatic heterocycles. The van der Waals surface area contributed by atoms with E-state index in [0.717, 1.165) is 42.2 Å². The van der Waals surface area contributed by atoms with Crippen LogP contribution in [0.15, 0.2) is 85.2 Å². The van der Waals surface area contributed by atoms with Crippen LogP contribution in [0.2, 0.25) is 0 Å². The molecule has 186 valence electrons. The summed E-state index contributed by atoms with van der Waals surface area (Å²) in [7, 11) is 1.69. The highest BCUT2D eigenvalue weighted by Crippen LogP contribution is 2.47. The molecule has 6 rings (SSSR count). The van der Waals surface area contributed by atoms with Gasteiger partial charge in [-0.1, -0.05) is 54.6 Å². The lowest BCUT2D eigenvalue weighted by atomic mass is 9.87. The van der Waals surface area contributed by atoms with Crippen LogP contribution >= 0.6 is 0 Å². The fourth-order valence-corrected chi connectivity index (χ4v) is 5.46. The van der Waals surface area contributed by atoms with E-state index in [-0.39, 0.29) is 11.8 Å². The Labute approximate surface area is 217 Å². The molecule has 2 atom stereocenters. The molecule has 37 heavy (non-hydrogen) atoms. The number of amides is 1. The van der Waals surface area contributed by atoms with Crippen molar-refractivity contribution in [3.63, 3.8) is 0 Å². The maximum atomic E-state index is 13.0. The minimum Gasteiger partial charge on any atom is -0.497 e. The zero-order valence-electron chi connectivity index (χ0n) is 20.9. The van der Waals surface area contributed by atoms with E-state index >= 15 is 0 Å². The number of hydrogen-bond donors (Lipinski definition) is 1. The van der Waals surface area contributed by atoms with Crippen molar-refractivity contribution in [2.75, 3.05) is 18.6 Å². The average Bonchev–Trinajstić information content (AvgIpc) is 3.78. The number of nitrogens with one attached hydrogen (secondary N) is 1. The van der Waals surface area contributed by atoms with Gasteiger partial charge in [-0.25, -0.2) is 9.97 Å². The van der Waals surface area contributed by atoms with Gasteiger partial charge in [0.05, 0.1) is 7.11 Å². The normalized spacial score (nSPS) is 18.1. The van der Waals surface area contributed by atoms with E-state index in [9.17, 15) is 4.79 Å². The minimum atomic E-state index is 0.0588. The predicted octanol–water partition coefficient (Wildman–Crippen LogP) is 5.13. The summed E-state index contributed by atoms with van der Waals surface area (Å²) in [6, 6.07) is 24.7. The molecule has 6 heteroatoms. The van der Waals surface area contributed by atoms with Gasteiger partial charge in [0, 0.05) is 37.9 Å². The molecule has 0 bridgehead atoms. The molecule has 1 aliphatic carbocycles. The number of fused-ring (bicyclic) bond motifs is 1. The largest absolute Gasteiger partial charge is 0.497 e. The molecule has 1 amide bonds. The third kappa shape index (κ3) is 4.79. The molecule has 1 aliphatic heterocycles. The predicted molar refractivity (Wildman–Crippen MR) is 144 cm³/mol. The number of nitrogens with zero attached hydrogens (tertiary/aromatic N) is 3. The Hall–Kier alpha value is -4.19. The monoisotopic (exact) mass is 490 g/mol. The standard InChI is InChI=1S/C31H30N4O2/c1-37-24-10-5-9-22(17-24)25-12-11-23(19-34-30(36)28-18-27(28)21-7-3-2-4-8-21)29-20-35(16-13-26(25)29)31-32-14-6-15-33-31/h2-12,14-15,17,27-28H,13,16,18-20H2,1H3,(H,34,36)/t27-,28+/m1/s1. The van der Waals surface area contributed by atoms with E-state index < -0.39 is 0 Å². The van der Waals surface area contributed by atoms with Gasteiger partial charge in [0.15, 0.2) is 0 Å². The third-order valence-corrected chi connectivity index (χ3v) is 7.53. The van der Waals surface area contributed by atoms with E-state index in [4.69, 9.17) is 4.74 Å². The van der Waals surface area contributed by atoms with Crippen LogP contribution in [0.1, 0.15) is 34.6 Å². The maximum absolute atomic E-state index is 13.0. The van der Waals surface area contributed by atoms with E-state index in [1.807, 2.05) is 36.4 Å². The molecule has 0 spiro atoms. The van der Waals surface area contributed by atoms with Gasteiger partial charge >= 0.3 is 0 Å². The molecule has 1 N–H and O–H groups in total. The van der Waals surface area contributed by atoms with Crippen molar-refractivity contribution in [1.82, 2.24) is 15.3 Å². The Balaban J connectivity index is 1.27. The molecule has 0 radical (unpaired) electrons. The van der Waals surface area contributed by atoms with Crippen LogP contribution < -0.4 is 15.0 Å². The second-order valence-electron chi connectivity index (χ2n) is 9.76. The molecule has 0 saturated heterocycles. The molecule has 1 fully saturated rings.